The van der Waals surface area contributed by atoms with Gasteiger partial charge in [-0.25, -0.2) is 4.39 Å². The van der Waals surface area contributed by atoms with E-state index in [0.717, 1.165) is 31.5 Å². The summed E-state index contributed by atoms with van der Waals surface area (Å²) in [6.45, 7) is 2.28. The van der Waals surface area contributed by atoms with Gasteiger partial charge in [-0.15, -0.1) is 0 Å². The van der Waals surface area contributed by atoms with E-state index in [4.69, 9.17) is 4.74 Å². The van der Waals surface area contributed by atoms with E-state index in [1.165, 1.54) is 22.9 Å². The zero-order valence-electron chi connectivity index (χ0n) is 18.4. The van der Waals surface area contributed by atoms with Gasteiger partial charge in [-0.3, -0.25) is 0 Å². The smallest absolute Gasteiger partial charge is 0.550 e. The molecule has 0 amide bonds. The number of nitrogens with zero attached hydrogens (tertiary/aromatic N) is 1. The van der Waals surface area contributed by atoms with Crippen molar-refractivity contribution in [2.75, 3.05) is 18.0 Å². The Morgan fingerprint density at radius 1 is 1.00 bits per heavy atom. The number of aryl methyl sites for hydroxylation is 1. The molecule has 0 atom stereocenters. The molecule has 32 heavy (non-hydrogen) atoms. The number of aliphatic carboxylic acids is 1. The predicted octanol–water partition coefficient (Wildman–Crippen LogP) is 0.696. The second kappa shape index (κ2) is 11.5. The van der Waals surface area contributed by atoms with Crippen LogP contribution >= 0.6 is 0 Å². The molecule has 6 heteroatoms. The summed E-state index contributed by atoms with van der Waals surface area (Å²) in [6.07, 6.45) is 1.90. The number of halogens is 1. The zero-order valence-corrected chi connectivity index (χ0v) is 20.4. The Kier molecular flexibility index (Phi) is 8.74. The molecule has 0 radical (unpaired) electrons. The summed E-state index contributed by atoms with van der Waals surface area (Å²) in [4.78, 5) is 13.0. The first-order chi connectivity index (χ1) is 15.1. The molecule has 3 aromatic carbocycles. The van der Waals surface area contributed by atoms with Crippen molar-refractivity contribution >= 4 is 11.7 Å². The van der Waals surface area contributed by atoms with E-state index in [1.54, 1.807) is 12.1 Å². The Balaban J connectivity index is 0.00000289. The number of carbonyl (C=O) groups is 1. The number of carboxylic acids is 1. The number of fused-ring (bicyclic) bond motifs is 1. The van der Waals surface area contributed by atoms with Gasteiger partial charge in [0.25, 0.3) is 0 Å². The Hall–Kier alpha value is -2.34. The molecule has 4 rings (SSSR count). The van der Waals surface area contributed by atoms with Crippen LogP contribution < -0.4 is 44.3 Å². The van der Waals surface area contributed by atoms with E-state index in [-0.39, 0.29) is 42.4 Å². The maximum atomic E-state index is 14.3. The third-order valence-corrected chi connectivity index (χ3v) is 5.70. The molecule has 0 unspecified atom stereocenters. The first-order valence-electron chi connectivity index (χ1n) is 10.6. The fourth-order valence-corrected chi connectivity index (χ4v) is 4.09. The molecule has 160 valence electrons. The van der Waals surface area contributed by atoms with Gasteiger partial charge in [0, 0.05) is 36.4 Å². The summed E-state index contributed by atoms with van der Waals surface area (Å²) in [6, 6.07) is 21.3. The number of para-hydroxylation sites is 1. The number of hydrogen-bond acceptors (Lipinski definition) is 4. The molecule has 0 saturated heterocycles. The minimum Gasteiger partial charge on any atom is -0.550 e. The fraction of sp³-hybridized carbons (Fsp3) is 0.269. The molecule has 0 saturated carbocycles. The van der Waals surface area contributed by atoms with E-state index in [9.17, 15) is 14.3 Å². The molecule has 0 N–H and O–H groups in total. The summed E-state index contributed by atoms with van der Waals surface area (Å²) in [5.74, 6) is -1.21. The second-order valence-electron chi connectivity index (χ2n) is 7.81. The van der Waals surface area contributed by atoms with Gasteiger partial charge in [0.15, 0.2) is 0 Å². The summed E-state index contributed by atoms with van der Waals surface area (Å²) in [7, 11) is 0. The molecular weight excluding hydrogens is 416 g/mol. The van der Waals surface area contributed by atoms with Crippen LogP contribution in [0, 0.1) is 5.82 Å². The van der Waals surface area contributed by atoms with Gasteiger partial charge in [0.1, 0.15) is 18.2 Å². The van der Waals surface area contributed by atoms with Crippen molar-refractivity contribution in [3.63, 3.8) is 0 Å². The average molecular weight is 441 g/mol. The van der Waals surface area contributed by atoms with Crippen LogP contribution in [0.3, 0.4) is 0 Å². The maximum absolute atomic E-state index is 14.3. The minimum atomic E-state index is -1.19. The first kappa shape index (κ1) is 24.3. The molecule has 0 aliphatic carbocycles. The average Bonchev–Trinajstić information content (AvgIpc) is 3.20. The van der Waals surface area contributed by atoms with Gasteiger partial charge in [-0.2, -0.15) is 0 Å². The van der Waals surface area contributed by atoms with Crippen molar-refractivity contribution in [1.29, 1.82) is 0 Å². The molecule has 0 spiro atoms. The molecule has 0 aromatic heterocycles. The second-order valence-corrected chi connectivity index (χ2v) is 7.81. The van der Waals surface area contributed by atoms with Crippen LogP contribution in [0.15, 0.2) is 66.7 Å². The Labute approximate surface area is 210 Å². The largest absolute Gasteiger partial charge is 1.00 e. The zero-order chi connectivity index (χ0) is 21.6. The molecular formula is C26H25FNNaO3. The number of ether oxygens (including phenoxy) is 1. The van der Waals surface area contributed by atoms with Gasteiger partial charge in [0.2, 0.25) is 0 Å². The van der Waals surface area contributed by atoms with Crippen molar-refractivity contribution in [3.05, 3.63) is 94.8 Å². The predicted molar refractivity (Wildman–Crippen MR) is 117 cm³/mol. The van der Waals surface area contributed by atoms with Gasteiger partial charge < -0.3 is 19.5 Å². The standard InChI is InChI=1S/C26H26FNO3.Na/c27-24-17-23(11-9-20(24)10-12-25(29)30)31-18-22-8-4-7-21-14-16-28(26(21)22)15-13-19-5-2-1-3-6-19;/h1-9,11,17H,10,12-16,18H2,(H,29,30);/q;+1/p-1. The topological polar surface area (TPSA) is 52.6 Å². The number of carbonyl (C=O) groups excluding carboxylic acids is 1. The first-order valence-corrected chi connectivity index (χ1v) is 10.6. The normalized spacial score (nSPS) is 12.2. The van der Waals surface area contributed by atoms with Gasteiger partial charge in [-0.1, -0.05) is 54.6 Å². The summed E-state index contributed by atoms with van der Waals surface area (Å²) in [5.41, 5.74) is 5.30. The summed E-state index contributed by atoms with van der Waals surface area (Å²) < 4.78 is 20.2. The summed E-state index contributed by atoms with van der Waals surface area (Å²) >= 11 is 0. The van der Waals surface area contributed by atoms with E-state index < -0.39 is 11.8 Å². The number of carboxylic acid groups (broad SMARTS) is 1. The molecule has 3 aromatic rings. The van der Waals surface area contributed by atoms with Crippen LogP contribution in [0.25, 0.3) is 0 Å². The third-order valence-electron chi connectivity index (χ3n) is 5.70. The van der Waals surface area contributed by atoms with Crippen LogP contribution in [-0.4, -0.2) is 19.1 Å². The van der Waals surface area contributed by atoms with Crippen LogP contribution in [-0.2, 0) is 30.7 Å². The van der Waals surface area contributed by atoms with Gasteiger partial charge in [-0.05, 0) is 48.4 Å². The van der Waals surface area contributed by atoms with E-state index in [2.05, 4.69) is 41.3 Å². The third kappa shape index (κ3) is 6.12. The number of rotatable bonds is 9. The molecule has 0 bridgehead atoms. The van der Waals surface area contributed by atoms with Crippen molar-refractivity contribution in [2.45, 2.75) is 32.3 Å². The minimum absolute atomic E-state index is 0. The van der Waals surface area contributed by atoms with Crippen molar-refractivity contribution in [3.8, 4) is 5.75 Å². The summed E-state index contributed by atoms with van der Waals surface area (Å²) in [5, 5.41) is 10.6. The number of anilines is 1. The molecule has 4 nitrogen and oxygen atoms in total. The maximum Gasteiger partial charge on any atom is 1.00 e. The number of hydrogen-bond donors (Lipinski definition) is 0. The van der Waals surface area contributed by atoms with Crippen molar-refractivity contribution < 1.29 is 48.6 Å². The fourth-order valence-electron chi connectivity index (χ4n) is 4.09. The SMILES string of the molecule is O=C([O-])CCc1ccc(OCc2cccc3c2N(CCc2ccccc2)CC3)cc1F.[Na+]. The molecule has 1 heterocycles. The van der Waals surface area contributed by atoms with E-state index in [1.807, 2.05) is 12.1 Å². The van der Waals surface area contributed by atoms with E-state index >= 15 is 0 Å². The van der Waals surface area contributed by atoms with Gasteiger partial charge >= 0.3 is 29.6 Å². The van der Waals surface area contributed by atoms with Gasteiger partial charge in [0.05, 0.1) is 0 Å². The van der Waals surface area contributed by atoms with Crippen LogP contribution in [0.4, 0.5) is 10.1 Å². The molecule has 1 aliphatic heterocycles. The van der Waals surface area contributed by atoms with Crippen LogP contribution in [0.1, 0.15) is 28.7 Å². The Morgan fingerprint density at radius 3 is 2.56 bits per heavy atom. The molecule has 1 aliphatic rings. The number of benzene rings is 3. The van der Waals surface area contributed by atoms with Crippen molar-refractivity contribution in [2.24, 2.45) is 0 Å². The Morgan fingerprint density at radius 2 is 1.81 bits per heavy atom. The van der Waals surface area contributed by atoms with Crippen LogP contribution in [0.5, 0.6) is 5.75 Å². The van der Waals surface area contributed by atoms with Crippen LogP contribution in [0.2, 0.25) is 0 Å². The molecule has 0 fully saturated rings. The quantitative estimate of drug-likeness (QED) is 0.459. The van der Waals surface area contributed by atoms with Crippen molar-refractivity contribution in [1.82, 2.24) is 0 Å². The van der Waals surface area contributed by atoms with E-state index in [0.29, 0.717) is 17.9 Å². The monoisotopic (exact) mass is 441 g/mol. The Bertz CT molecular complexity index is 1060.